The number of ether oxygens (including phenoxy) is 1. The lowest BCUT2D eigenvalue weighted by atomic mass is 10.3. The third-order valence-electron chi connectivity index (χ3n) is 2.17. The normalized spacial score (nSPS) is 22.4. The fourth-order valence-corrected chi connectivity index (χ4v) is 1.46. The van der Waals surface area contributed by atoms with Gasteiger partial charge in [-0.15, -0.1) is 5.10 Å². The molecule has 76 valence electrons. The molecule has 1 fully saturated rings. The molecule has 1 saturated heterocycles. The standard InChI is InChI=1S/C8H13N5O/c9-11-8-6-14-5-4-13(8)7-2-1-3-10-12-7/h1-3,8,11H,4-6,9H2. The van der Waals surface area contributed by atoms with Crippen LogP contribution < -0.4 is 16.2 Å². The SMILES string of the molecule is NNC1COCCN1c1cccnn1. The molecular weight excluding hydrogens is 182 g/mol. The molecule has 2 heterocycles. The first kappa shape index (κ1) is 9.32. The van der Waals surface area contributed by atoms with Gasteiger partial charge in [0.15, 0.2) is 5.82 Å². The molecule has 2 rings (SSSR count). The Balaban J connectivity index is 2.15. The van der Waals surface area contributed by atoms with Gasteiger partial charge in [-0.3, -0.25) is 5.84 Å². The molecule has 0 bridgehead atoms. The minimum Gasteiger partial charge on any atom is -0.376 e. The first-order chi connectivity index (χ1) is 6.92. The molecule has 1 atom stereocenters. The van der Waals surface area contributed by atoms with Crippen molar-refractivity contribution in [3.8, 4) is 0 Å². The van der Waals surface area contributed by atoms with E-state index in [0.717, 1.165) is 12.4 Å². The summed E-state index contributed by atoms with van der Waals surface area (Å²) in [6.45, 7) is 2.02. The molecule has 0 spiro atoms. The number of hydrazine groups is 1. The van der Waals surface area contributed by atoms with Crippen molar-refractivity contribution in [3.05, 3.63) is 18.3 Å². The van der Waals surface area contributed by atoms with Crippen molar-refractivity contribution < 1.29 is 4.74 Å². The van der Waals surface area contributed by atoms with Crippen molar-refractivity contribution in [2.75, 3.05) is 24.7 Å². The van der Waals surface area contributed by atoms with Crippen LogP contribution in [0.4, 0.5) is 5.82 Å². The van der Waals surface area contributed by atoms with Crippen molar-refractivity contribution in [1.29, 1.82) is 0 Å². The number of morpholine rings is 1. The second-order valence-electron chi connectivity index (χ2n) is 3.03. The minimum atomic E-state index is -0.0274. The maximum absolute atomic E-state index is 5.41. The van der Waals surface area contributed by atoms with E-state index in [1.165, 1.54) is 0 Å². The van der Waals surface area contributed by atoms with Crippen molar-refractivity contribution >= 4 is 5.82 Å². The maximum Gasteiger partial charge on any atom is 0.152 e. The van der Waals surface area contributed by atoms with Crippen LogP contribution in [-0.2, 0) is 4.74 Å². The van der Waals surface area contributed by atoms with Gasteiger partial charge < -0.3 is 9.64 Å². The lowest BCUT2D eigenvalue weighted by molar-refractivity contribution is 0.0836. The second kappa shape index (κ2) is 4.32. The summed E-state index contributed by atoms with van der Waals surface area (Å²) in [7, 11) is 0. The number of aromatic nitrogens is 2. The van der Waals surface area contributed by atoms with Crippen LogP contribution in [-0.4, -0.2) is 36.1 Å². The number of nitrogens with one attached hydrogen (secondary N) is 1. The topological polar surface area (TPSA) is 76.3 Å². The predicted octanol–water partition coefficient (Wildman–Crippen LogP) is -0.897. The molecule has 0 aromatic carbocycles. The quantitative estimate of drug-likeness (QED) is 0.470. The van der Waals surface area contributed by atoms with Crippen LogP contribution in [0.25, 0.3) is 0 Å². The van der Waals surface area contributed by atoms with E-state index in [2.05, 4.69) is 15.6 Å². The summed E-state index contributed by atoms with van der Waals surface area (Å²) in [6, 6.07) is 3.76. The van der Waals surface area contributed by atoms with Crippen LogP contribution in [0.5, 0.6) is 0 Å². The molecule has 1 aromatic heterocycles. The molecule has 6 heteroatoms. The third kappa shape index (κ3) is 1.82. The van der Waals surface area contributed by atoms with Crippen molar-refractivity contribution in [1.82, 2.24) is 15.6 Å². The largest absolute Gasteiger partial charge is 0.376 e. The van der Waals surface area contributed by atoms with Crippen LogP contribution in [0, 0.1) is 0 Å². The van der Waals surface area contributed by atoms with E-state index in [1.807, 2.05) is 17.0 Å². The summed E-state index contributed by atoms with van der Waals surface area (Å²) in [5, 5.41) is 7.85. The lowest BCUT2D eigenvalue weighted by Crippen LogP contribution is -2.56. The summed E-state index contributed by atoms with van der Waals surface area (Å²) >= 11 is 0. The summed E-state index contributed by atoms with van der Waals surface area (Å²) in [5.41, 5.74) is 2.69. The fourth-order valence-electron chi connectivity index (χ4n) is 1.46. The van der Waals surface area contributed by atoms with Crippen LogP contribution in [0.2, 0.25) is 0 Å². The van der Waals surface area contributed by atoms with Gasteiger partial charge in [0.05, 0.1) is 13.2 Å². The zero-order valence-electron chi connectivity index (χ0n) is 7.76. The number of hydrogen-bond acceptors (Lipinski definition) is 6. The summed E-state index contributed by atoms with van der Waals surface area (Å²) in [4.78, 5) is 2.04. The van der Waals surface area contributed by atoms with Gasteiger partial charge in [-0.1, -0.05) is 0 Å². The Morgan fingerprint density at radius 3 is 3.29 bits per heavy atom. The number of rotatable bonds is 2. The fraction of sp³-hybridized carbons (Fsp3) is 0.500. The summed E-state index contributed by atoms with van der Waals surface area (Å²) in [5.74, 6) is 6.23. The molecule has 0 saturated carbocycles. The summed E-state index contributed by atoms with van der Waals surface area (Å²) < 4.78 is 5.29. The first-order valence-electron chi connectivity index (χ1n) is 4.50. The Labute approximate surface area is 82.0 Å². The highest BCUT2D eigenvalue weighted by molar-refractivity contribution is 5.38. The smallest absolute Gasteiger partial charge is 0.152 e. The zero-order chi connectivity index (χ0) is 9.80. The van der Waals surface area contributed by atoms with Crippen LogP contribution >= 0.6 is 0 Å². The van der Waals surface area contributed by atoms with E-state index in [-0.39, 0.29) is 6.17 Å². The molecule has 0 radical (unpaired) electrons. The summed E-state index contributed by atoms with van der Waals surface area (Å²) in [6.07, 6.45) is 1.62. The molecule has 1 aliphatic rings. The average Bonchev–Trinajstić information content (AvgIpc) is 2.30. The third-order valence-corrected chi connectivity index (χ3v) is 2.17. The second-order valence-corrected chi connectivity index (χ2v) is 3.03. The van der Waals surface area contributed by atoms with Crippen LogP contribution in [0.1, 0.15) is 0 Å². The Morgan fingerprint density at radius 1 is 1.64 bits per heavy atom. The zero-order valence-corrected chi connectivity index (χ0v) is 7.76. The van der Waals surface area contributed by atoms with Crippen LogP contribution in [0.15, 0.2) is 18.3 Å². The Morgan fingerprint density at radius 2 is 2.57 bits per heavy atom. The number of nitrogens with two attached hydrogens (primary N) is 1. The van der Waals surface area contributed by atoms with E-state index in [0.29, 0.717) is 13.2 Å². The Bertz CT molecular complexity index is 280. The van der Waals surface area contributed by atoms with Crippen molar-refractivity contribution in [2.24, 2.45) is 5.84 Å². The predicted molar refractivity (Wildman–Crippen MR) is 51.3 cm³/mol. The lowest BCUT2D eigenvalue weighted by Gasteiger charge is -2.35. The van der Waals surface area contributed by atoms with Gasteiger partial charge in [0.1, 0.15) is 6.17 Å². The van der Waals surface area contributed by atoms with Gasteiger partial charge in [-0.2, -0.15) is 5.10 Å². The molecular formula is C8H13N5O. The molecule has 14 heavy (non-hydrogen) atoms. The minimum absolute atomic E-state index is 0.0274. The van der Waals surface area contributed by atoms with Gasteiger partial charge in [-0.25, -0.2) is 5.43 Å². The van der Waals surface area contributed by atoms with E-state index < -0.39 is 0 Å². The maximum atomic E-state index is 5.41. The average molecular weight is 195 g/mol. The number of nitrogens with zero attached hydrogens (tertiary/aromatic N) is 3. The Hall–Kier alpha value is -1.24. The molecule has 0 amide bonds. The monoisotopic (exact) mass is 195 g/mol. The Kier molecular flexibility index (Phi) is 2.87. The van der Waals surface area contributed by atoms with E-state index in [9.17, 15) is 0 Å². The molecule has 1 aromatic rings. The van der Waals surface area contributed by atoms with Crippen LogP contribution in [0.3, 0.4) is 0 Å². The van der Waals surface area contributed by atoms with Gasteiger partial charge in [0.25, 0.3) is 0 Å². The highest BCUT2D eigenvalue weighted by atomic mass is 16.5. The highest BCUT2D eigenvalue weighted by Crippen LogP contribution is 2.13. The van der Waals surface area contributed by atoms with Gasteiger partial charge in [0, 0.05) is 12.7 Å². The highest BCUT2D eigenvalue weighted by Gasteiger charge is 2.22. The number of hydrogen-bond donors (Lipinski definition) is 2. The van der Waals surface area contributed by atoms with Gasteiger partial charge in [-0.05, 0) is 12.1 Å². The molecule has 1 unspecified atom stereocenters. The molecule has 1 aliphatic heterocycles. The van der Waals surface area contributed by atoms with Gasteiger partial charge >= 0.3 is 0 Å². The van der Waals surface area contributed by atoms with Crippen molar-refractivity contribution in [3.63, 3.8) is 0 Å². The molecule has 6 nitrogen and oxygen atoms in total. The van der Waals surface area contributed by atoms with E-state index in [4.69, 9.17) is 10.6 Å². The van der Waals surface area contributed by atoms with Crippen molar-refractivity contribution in [2.45, 2.75) is 6.17 Å². The first-order valence-corrected chi connectivity index (χ1v) is 4.50. The van der Waals surface area contributed by atoms with E-state index >= 15 is 0 Å². The van der Waals surface area contributed by atoms with E-state index in [1.54, 1.807) is 6.20 Å². The van der Waals surface area contributed by atoms with Gasteiger partial charge in [0.2, 0.25) is 0 Å². The molecule has 0 aliphatic carbocycles. The number of anilines is 1. The molecule has 3 N–H and O–H groups in total.